The summed E-state index contributed by atoms with van der Waals surface area (Å²) in [4.78, 5) is 23.5. The number of carboxylic acids is 1. The second-order valence-electron chi connectivity index (χ2n) is 5.93. The standard InChI is InChI=1S/C20H19N3O4/c24-19(25)18(22-20(26)27-14-16-9-5-2-6-10-16)17-11-21-23(13-17)12-15-7-3-1-4-8-15/h1-11,13,18H,12,14H2,(H,22,26)(H,24,25). The summed E-state index contributed by atoms with van der Waals surface area (Å²) in [6.07, 6.45) is 2.23. The van der Waals surface area contributed by atoms with Crippen LogP contribution >= 0.6 is 0 Å². The number of carboxylic acid groups (broad SMARTS) is 1. The smallest absolute Gasteiger partial charge is 0.408 e. The van der Waals surface area contributed by atoms with E-state index in [4.69, 9.17) is 4.74 Å². The highest BCUT2D eigenvalue weighted by atomic mass is 16.5. The normalized spacial score (nSPS) is 11.6. The molecule has 1 amide bonds. The molecule has 1 heterocycles. The van der Waals surface area contributed by atoms with Crippen molar-refractivity contribution in [3.05, 3.63) is 89.7 Å². The predicted octanol–water partition coefficient (Wildman–Crippen LogP) is 2.98. The molecule has 1 aromatic heterocycles. The molecule has 7 heteroatoms. The number of amides is 1. The number of hydrogen-bond acceptors (Lipinski definition) is 4. The van der Waals surface area contributed by atoms with Crippen molar-refractivity contribution in [2.45, 2.75) is 19.2 Å². The summed E-state index contributed by atoms with van der Waals surface area (Å²) in [5.41, 5.74) is 2.22. The van der Waals surface area contributed by atoms with Crippen LogP contribution in [0.15, 0.2) is 73.1 Å². The summed E-state index contributed by atoms with van der Waals surface area (Å²) in [7, 11) is 0. The number of aliphatic carboxylic acids is 1. The first-order valence-corrected chi connectivity index (χ1v) is 8.38. The van der Waals surface area contributed by atoms with E-state index in [1.54, 1.807) is 10.9 Å². The first kappa shape index (κ1) is 18.2. The van der Waals surface area contributed by atoms with Gasteiger partial charge in [0.1, 0.15) is 6.61 Å². The van der Waals surface area contributed by atoms with E-state index in [9.17, 15) is 14.7 Å². The van der Waals surface area contributed by atoms with E-state index in [0.717, 1.165) is 11.1 Å². The number of nitrogens with zero attached hydrogens (tertiary/aromatic N) is 2. The van der Waals surface area contributed by atoms with E-state index in [1.165, 1.54) is 6.20 Å². The lowest BCUT2D eigenvalue weighted by atomic mass is 10.1. The lowest BCUT2D eigenvalue weighted by Crippen LogP contribution is -2.33. The number of aromatic nitrogens is 2. The molecule has 2 aromatic carbocycles. The van der Waals surface area contributed by atoms with Crippen LogP contribution in [0.25, 0.3) is 0 Å². The number of ether oxygens (including phenoxy) is 1. The maximum atomic E-state index is 12.0. The third kappa shape index (κ3) is 5.18. The highest BCUT2D eigenvalue weighted by Gasteiger charge is 2.24. The minimum Gasteiger partial charge on any atom is -0.479 e. The van der Waals surface area contributed by atoms with E-state index in [1.807, 2.05) is 60.7 Å². The maximum Gasteiger partial charge on any atom is 0.408 e. The molecule has 0 spiro atoms. The number of carbonyl (C=O) groups is 2. The van der Waals surface area contributed by atoms with Crippen molar-refractivity contribution in [2.24, 2.45) is 0 Å². The minimum absolute atomic E-state index is 0.0618. The molecular weight excluding hydrogens is 346 g/mol. The Kier molecular flexibility index (Phi) is 5.84. The fraction of sp³-hybridized carbons (Fsp3) is 0.150. The monoisotopic (exact) mass is 365 g/mol. The molecule has 0 aliphatic carbocycles. The summed E-state index contributed by atoms with van der Waals surface area (Å²) in [6, 6.07) is 17.6. The van der Waals surface area contributed by atoms with E-state index < -0.39 is 18.1 Å². The Morgan fingerprint density at radius 2 is 1.67 bits per heavy atom. The molecule has 3 aromatic rings. The minimum atomic E-state index is -1.24. The average molecular weight is 365 g/mol. The van der Waals surface area contributed by atoms with Gasteiger partial charge in [0.2, 0.25) is 0 Å². The summed E-state index contributed by atoms with van der Waals surface area (Å²) in [6.45, 7) is 0.567. The Labute approximate surface area is 156 Å². The van der Waals surface area contributed by atoms with Crippen molar-refractivity contribution >= 4 is 12.1 Å². The molecule has 0 aliphatic rings. The van der Waals surface area contributed by atoms with Gasteiger partial charge < -0.3 is 15.2 Å². The van der Waals surface area contributed by atoms with Gasteiger partial charge >= 0.3 is 12.1 Å². The second-order valence-corrected chi connectivity index (χ2v) is 5.93. The van der Waals surface area contributed by atoms with Gasteiger partial charge in [-0.25, -0.2) is 9.59 Å². The van der Waals surface area contributed by atoms with Crippen LogP contribution in [0, 0.1) is 0 Å². The fourth-order valence-corrected chi connectivity index (χ4v) is 2.56. The van der Waals surface area contributed by atoms with Crippen LogP contribution in [0.3, 0.4) is 0 Å². The molecule has 0 bridgehead atoms. The van der Waals surface area contributed by atoms with Gasteiger partial charge in [0.25, 0.3) is 0 Å². The molecule has 0 radical (unpaired) electrons. The largest absolute Gasteiger partial charge is 0.479 e. The quantitative estimate of drug-likeness (QED) is 0.671. The number of carbonyl (C=O) groups excluding carboxylic acids is 1. The highest BCUT2D eigenvalue weighted by Crippen LogP contribution is 2.14. The van der Waals surface area contributed by atoms with Crippen molar-refractivity contribution < 1.29 is 19.4 Å². The Bertz CT molecular complexity index is 894. The zero-order chi connectivity index (χ0) is 19.1. The lowest BCUT2D eigenvalue weighted by molar-refractivity contribution is -0.139. The Hall–Kier alpha value is -3.61. The molecule has 27 heavy (non-hydrogen) atoms. The lowest BCUT2D eigenvalue weighted by Gasteiger charge is -2.13. The predicted molar refractivity (Wildman–Crippen MR) is 97.9 cm³/mol. The van der Waals surface area contributed by atoms with Crippen LogP contribution in [0.1, 0.15) is 22.7 Å². The van der Waals surface area contributed by atoms with Crippen LogP contribution in [0.5, 0.6) is 0 Å². The van der Waals surface area contributed by atoms with Gasteiger partial charge in [0.05, 0.1) is 12.7 Å². The van der Waals surface area contributed by atoms with Crippen molar-refractivity contribution in [3.63, 3.8) is 0 Å². The summed E-state index contributed by atoms with van der Waals surface area (Å²) >= 11 is 0. The third-order valence-electron chi connectivity index (χ3n) is 3.90. The molecule has 3 rings (SSSR count). The molecule has 1 atom stereocenters. The van der Waals surface area contributed by atoms with Crippen LogP contribution in [0.2, 0.25) is 0 Å². The number of alkyl carbamates (subject to hydrolysis) is 1. The van der Waals surface area contributed by atoms with Crippen LogP contribution in [-0.2, 0) is 22.7 Å². The molecule has 0 fully saturated rings. The van der Waals surface area contributed by atoms with E-state index in [-0.39, 0.29) is 6.61 Å². The zero-order valence-electron chi connectivity index (χ0n) is 14.5. The summed E-state index contributed by atoms with van der Waals surface area (Å²) < 4.78 is 6.71. The zero-order valence-corrected chi connectivity index (χ0v) is 14.5. The third-order valence-corrected chi connectivity index (χ3v) is 3.90. The molecule has 2 N–H and O–H groups in total. The summed E-state index contributed by atoms with van der Waals surface area (Å²) in [5.74, 6) is -1.19. The number of nitrogens with one attached hydrogen (secondary N) is 1. The molecule has 0 aliphatic heterocycles. The molecule has 1 unspecified atom stereocenters. The number of benzene rings is 2. The SMILES string of the molecule is O=C(NC(C(=O)O)c1cnn(Cc2ccccc2)c1)OCc1ccccc1. The number of hydrogen-bond donors (Lipinski definition) is 2. The highest BCUT2D eigenvalue weighted by molar-refractivity contribution is 5.81. The first-order chi connectivity index (χ1) is 13.1. The Balaban J connectivity index is 1.61. The van der Waals surface area contributed by atoms with Gasteiger partial charge in [0, 0.05) is 11.8 Å². The summed E-state index contributed by atoms with van der Waals surface area (Å²) in [5, 5.41) is 16.0. The van der Waals surface area contributed by atoms with Gasteiger partial charge in [-0.05, 0) is 11.1 Å². The Morgan fingerprint density at radius 1 is 1.04 bits per heavy atom. The van der Waals surface area contributed by atoms with E-state index >= 15 is 0 Å². The van der Waals surface area contributed by atoms with Gasteiger partial charge in [-0.3, -0.25) is 4.68 Å². The van der Waals surface area contributed by atoms with Crippen LogP contribution in [0.4, 0.5) is 4.79 Å². The molecular formula is C20H19N3O4. The van der Waals surface area contributed by atoms with Crippen molar-refractivity contribution in [1.82, 2.24) is 15.1 Å². The van der Waals surface area contributed by atoms with Gasteiger partial charge in [-0.15, -0.1) is 0 Å². The number of rotatable bonds is 7. The van der Waals surface area contributed by atoms with Crippen molar-refractivity contribution in [3.8, 4) is 0 Å². The van der Waals surface area contributed by atoms with E-state index in [0.29, 0.717) is 12.1 Å². The van der Waals surface area contributed by atoms with Gasteiger partial charge in [-0.2, -0.15) is 5.10 Å². The topological polar surface area (TPSA) is 93.5 Å². The second kappa shape index (κ2) is 8.66. The molecule has 7 nitrogen and oxygen atoms in total. The molecule has 0 saturated carbocycles. The van der Waals surface area contributed by atoms with E-state index in [2.05, 4.69) is 10.4 Å². The average Bonchev–Trinajstić information content (AvgIpc) is 3.14. The van der Waals surface area contributed by atoms with Gasteiger partial charge in [-0.1, -0.05) is 60.7 Å². The fourth-order valence-electron chi connectivity index (χ4n) is 2.56. The molecule has 0 saturated heterocycles. The first-order valence-electron chi connectivity index (χ1n) is 8.38. The van der Waals surface area contributed by atoms with Crippen LogP contribution < -0.4 is 5.32 Å². The van der Waals surface area contributed by atoms with Crippen LogP contribution in [-0.4, -0.2) is 26.9 Å². The molecule has 138 valence electrons. The Morgan fingerprint density at radius 3 is 2.30 bits per heavy atom. The van der Waals surface area contributed by atoms with Crippen molar-refractivity contribution in [1.29, 1.82) is 0 Å². The van der Waals surface area contributed by atoms with Gasteiger partial charge in [0.15, 0.2) is 6.04 Å². The maximum absolute atomic E-state index is 12.0. The van der Waals surface area contributed by atoms with Crippen molar-refractivity contribution in [2.75, 3.05) is 0 Å².